The van der Waals surface area contributed by atoms with Gasteiger partial charge in [-0.15, -0.1) is 0 Å². The maximum atomic E-state index is 12.8. The minimum Gasteiger partial charge on any atom is -0.494 e. The third-order valence-electron chi connectivity index (χ3n) is 12.8. The average Bonchev–Trinajstić information content (AvgIpc) is 3.17. The highest BCUT2D eigenvalue weighted by Crippen LogP contribution is 2.52. The van der Waals surface area contributed by atoms with E-state index in [2.05, 4.69) is 0 Å². The molecule has 0 aliphatic carbocycles. The number of nitrogen functional groups attached to an aromatic ring is 1. The lowest BCUT2D eigenvalue weighted by molar-refractivity contribution is -0.954. The van der Waals surface area contributed by atoms with Crippen LogP contribution in [0.15, 0.2) is 60.7 Å². The molecule has 8 rings (SSSR count). The van der Waals surface area contributed by atoms with Gasteiger partial charge >= 0.3 is 11.9 Å². The minimum atomic E-state index is -0.907. The summed E-state index contributed by atoms with van der Waals surface area (Å²) in [7, 11) is 8.76. The molecule has 4 aromatic carbocycles. The SMILES string of the molecule is COc1ccc2cc1Oc1ccc(cc1)CC1c3cc(c(OC)cc3CC[N+]1(C)C(C)C(=O)O)Oc1c(N)c(OC)cc3c1C(C2)[N+](C)(C(C)C(=O)O)CC3. The van der Waals surface area contributed by atoms with Crippen molar-refractivity contribution in [3.8, 4) is 40.2 Å². The molecule has 0 saturated carbocycles. The zero-order chi connectivity index (χ0) is 39.4. The van der Waals surface area contributed by atoms with Gasteiger partial charge in [-0.25, -0.2) is 9.59 Å². The Morgan fingerprint density at radius 1 is 0.709 bits per heavy atom. The number of rotatable bonds is 7. The van der Waals surface area contributed by atoms with Gasteiger partial charge in [0.05, 0.1) is 54.1 Å². The molecule has 0 saturated heterocycles. The molecule has 6 unspecified atom stereocenters. The summed E-state index contributed by atoms with van der Waals surface area (Å²) in [6.07, 6.45) is 2.18. The van der Waals surface area contributed by atoms with Crippen LogP contribution in [0.2, 0.25) is 0 Å². The second kappa shape index (κ2) is 14.3. The van der Waals surface area contributed by atoms with Crippen LogP contribution >= 0.6 is 0 Å². The Balaban J connectivity index is 1.52. The number of fused-ring (bicyclic) bond motifs is 2. The van der Waals surface area contributed by atoms with Crippen LogP contribution in [0.4, 0.5) is 5.69 Å². The molecule has 55 heavy (non-hydrogen) atoms. The predicted molar refractivity (Wildman–Crippen MR) is 207 cm³/mol. The highest BCUT2D eigenvalue weighted by molar-refractivity contribution is 5.73. The molecule has 0 radical (unpaired) electrons. The molecule has 4 N–H and O–H groups in total. The Morgan fingerprint density at radius 2 is 1.25 bits per heavy atom. The lowest BCUT2D eigenvalue weighted by Gasteiger charge is -2.49. The van der Waals surface area contributed by atoms with Gasteiger partial charge in [0.1, 0.15) is 29.3 Å². The highest BCUT2D eigenvalue weighted by Gasteiger charge is 2.49. The Kier molecular flexibility index (Phi) is 9.85. The number of ether oxygens (including phenoxy) is 5. The largest absolute Gasteiger partial charge is 0.494 e. The van der Waals surface area contributed by atoms with Gasteiger partial charge < -0.3 is 48.6 Å². The molecule has 4 aromatic rings. The van der Waals surface area contributed by atoms with Crippen molar-refractivity contribution in [1.29, 1.82) is 0 Å². The van der Waals surface area contributed by atoms with Crippen LogP contribution in [0.1, 0.15) is 59.3 Å². The topological polar surface area (TPSA) is 147 Å². The molecule has 0 spiro atoms. The number of nitrogens with two attached hydrogens (primary N) is 1. The number of likely N-dealkylation sites (N-methyl/N-ethyl adjacent to an activating group) is 2. The van der Waals surface area contributed by atoms with Crippen molar-refractivity contribution in [3.05, 3.63) is 94.0 Å². The predicted octanol–water partition coefficient (Wildman–Crippen LogP) is 6.71. The van der Waals surface area contributed by atoms with Crippen molar-refractivity contribution in [2.45, 2.75) is 63.7 Å². The average molecular weight is 754 g/mol. The van der Waals surface area contributed by atoms with Gasteiger partial charge in [-0.1, -0.05) is 18.2 Å². The van der Waals surface area contributed by atoms with Crippen LogP contribution in [0.5, 0.6) is 40.2 Å². The lowest BCUT2D eigenvalue weighted by Crippen LogP contribution is -2.59. The van der Waals surface area contributed by atoms with Gasteiger partial charge in [0.2, 0.25) is 0 Å². The van der Waals surface area contributed by atoms with E-state index < -0.39 is 30.1 Å². The summed E-state index contributed by atoms with van der Waals surface area (Å²) in [6, 6.07) is 17.4. The summed E-state index contributed by atoms with van der Waals surface area (Å²) >= 11 is 0. The number of hydrogen-bond acceptors (Lipinski definition) is 8. The molecule has 6 bridgehead atoms. The molecule has 0 fully saturated rings. The van der Waals surface area contributed by atoms with E-state index >= 15 is 0 Å². The third-order valence-corrected chi connectivity index (χ3v) is 12.8. The number of carbonyl (C=O) groups is 2. The normalized spacial score (nSPS) is 23.8. The Morgan fingerprint density at radius 3 is 1.87 bits per heavy atom. The molecule has 0 amide bonds. The second-order valence-corrected chi connectivity index (χ2v) is 15.5. The summed E-state index contributed by atoms with van der Waals surface area (Å²) < 4.78 is 31.5. The van der Waals surface area contributed by atoms with Crippen LogP contribution in [0, 0.1) is 0 Å². The van der Waals surface area contributed by atoms with E-state index in [9.17, 15) is 19.8 Å². The van der Waals surface area contributed by atoms with Crippen molar-refractivity contribution in [2.24, 2.45) is 0 Å². The molecule has 4 heterocycles. The number of anilines is 1. The summed E-state index contributed by atoms with van der Waals surface area (Å²) in [5, 5.41) is 20.9. The van der Waals surface area contributed by atoms with Gasteiger partial charge in [0.25, 0.3) is 0 Å². The number of carboxylic acid groups (broad SMARTS) is 2. The van der Waals surface area contributed by atoms with Crippen molar-refractivity contribution in [2.75, 3.05) is 54.2 Å². The van der Waals surface area contributed by atoms with Crippen molar-refractivity contribution in [3.63, 3.8) is 0 Å². The molecule has 4 aliphatic heterocycles. The zero-order valence-corrected chi connectivity index (χ0v) is 32.5. The van der Waals surface area contributed by atoms with E-state index in [1.54, 1.807) is 35.2 Å². The Bertz CT molecular complexity index is 2150. The standard InChI is InChI=1S/C43H49N3O9/c1-24(42(47)48)45(3)16-14-28-21-35(52-6)37-23-31(28)32(45)18-26-8-11-30(12-9-26)54-36-20-27(10-13-34(36)51-5)19-33-39-29(15-17-46(33,4)25(2)43(49)50)22-38(53-7)40(44)41(39)55-37/h8-13,20-25,32-33H,14-19,44H2,1-7H3/p+2. The number of aliphatic carboxylic acids is 2. The monoisotopic (exact) mass is 753 g/mol. The smallest absolute Gasteiger partial charge is 0.362 e. The van der Waals surface area contributed by atoms with Crippen LogP contribution in [-0.2, 0) is 35.3 Å². The summed E-state index contributed by atoms with van der Waals surface area (Å²) in [5.41, 5.74) is 13.0. The van der Waals surface area contributed by atoms with Gasteiger partial charge in [0.15, 0.2) is 40.8 Å². The van der Waals surface area contributed by atoms with E-state index in [1.165, 1.54) is 0 Å². The first-order valence-electron chi connectivity index (χ1n) is 18.7. The van der Waals surface area contributed by atoms with E-state index in [0.29, 0.717) is 79.0 Å². The summed E-state index contributed by atoms with van der Waals surface area (Å²) in [6.45, 7) is 4.68. The number of quaternary nitrogens is 2. The maximum Gasteiger partial charge on any atom is 0.362 e. The number of methoxy groups -OCH3 is 3. The van der Waals surface area contributed by atoms with Crippen molar-refractivity contribution in [1.82, 2.24) is 0 Å². The van der Waals surface area contributed by atoms with Crippen molar-refractivity contribution < 1.29 is 52.5 Å². The van der Waals surface area contributed by atoms with E-state index in [4.69, 9.17) is 29.4 Å². The molecule has 12 nitrogen and oxygen atoms in total. The fraction of sp³-hybridized carbons (Fsp3) is 0.395. The Hall–Kier alpha value is -5.46. The van der Waals surface area contributed by atoms with E-state index in [0.717, 1.165) is 33.4 Å². The van der Waals surface area contributed by atoms with E-state index in [1.807, 2.05) is 74.8 Å². The molecular weight excluding hydrogens is 702 g/mol. The molecule has 290 valence electrons. The summed E-state index contributed by atoms with van der Waals surface area (Å²) in [5.74, 6) is 1.68. The second-order valence-electron chi connectivity index (χ2n) is 15.5. The quantitative estimate of drug-likeness (QED) is 0.138. The first-order chi connectivity index (χ1) is 26.2. The Labute approximate surface area is 321 Å². The van der Waals surface area contributed by atoms with Crippen LogP contribution in [0.25, 0.3) is 0 Å². The maximum absolute atomic E-state index is 12.8. The van der Waals surface area contributed by atoms with E-state index in [-0.39, 0.29) is 20.7 Å². The molecule has 6 atom stereocenters. The lowest BCUT2D eigenvalue weighted by atomic mass is 9.83. The number of hydrogen-bond donors (Lipinski definition) is 3. The van der Waals surface area contributed by atoms with Gasteiger partial charge in [-0.05, 0) is 78.6 Å². The number of nitrogens with zero attached hydrogens (tertiary/aromatic N) is 2. The van der Waals surface area contributed by atoms with Crippen LogP contribution in [-0.4, -0.2) is 91.7 Å². The molecule has 4 aliphatic rings. The van der Waals surface area contributed by atoms with Crippen molar-refractivity contribution >= 4 is 17.6 Å². The zero-order valence-electron chi connectivity index (χ0n) is 32.5. The third kappa shape index (κ3) is 6.46. The highest BCUT2D eigenvalue weighted by atomic mass is 16.5. The molecule has 0 aromatic heterocycles. The van der Waals surface area contributed by atoms with Gasteiger partial charge in [-0.3, -0.25) is 0 Å². The van der Waals surface area contributed by atoms with Gasteiger partial charge in [0, 0.05) is 31.2 Å². The van der Waals surface area contributed by atoms with Crippen LogP contribution < -0.4 is 29.4 Å². The molecular formula is C43H51N3O9+2. The number of carboxylic acids is 2. The number of benzene rings is 4. The first-order valence-corrected chi connectivity index (χ1v) is 18.7. The van der Waals surface area contributed by atoms with Crippen LogP contribution in [0.3, 0.4) is 0 Å². The fourth-order valence-corrected chi connectivity index (χ4v) is 8.96. The minimum absolute atomic E-state index is 0.181. The fourth-order valence-electron chi connectivity index (χ4n) is 8.96. The van der Waals surface area contributed by atoms with Gasteiger partial charge in [-0.2, -0.15) is 0 Å². The summed E-state index contributed by atoms with van der Waals surface area (Å²) in [4.78, 5) is 25.5. The first kappa shape index (κ1) is 37.8. The molecule has 12 heteroatoms.